The summed E-state index contributed by atoms with van der Waals surface area (Å²) >= 11 is 5.06. The molecular weight excluding hydrogens is 444 g/mol. The summed E-state index contributed by atoms with van der Waals surface area (Å²) in [5, 5.41) is 14.2. The van der Waals surface area contributed by atoms with E-state index in [2.05, 4.69) is 26.1 Å². The first-order chi connectivity index (χ1) is 13.6. The van der Waals surface area contributed by atoms with E-state index in [9.17, 15) is 0 Å². The molecule has 7 nitrogen and oxygen atoms in total. The van der Waals surface area contributed by atoms with E-state index in [0.717, 1.165) is 32.2 Å². The van der Waals surface area contributed by atoms with Gasteiger partial charge in [0.1, 0.15) is 0 Å². The predicted molar refractivity (Wildman–Crippen MR) is 112 cm³/mol. The van der Waals surface area contributed by atoms with E-state index in [1.165, 1.54) is 0 Å². The van der Waals surface area contributed by atoms with E-state index in [-0.39, 0.29) is 0 Å². The molecule has 0 bridgehead atoms. The molecule has 0 atom stereocenters. The molecule has 0 aliphatic carbocycles. The van der Waals surface area contributed by atoms with Crippen molar-refractivity contribution in [1.29, 1.82) is 0 Å². The van der Waals surface area contributed by atoms with Crippen LogP contribution in [0.15, 0.2) is 51.1 Å². The number of thioether (sulfide) groups is 1. The zero-order valence-electron chi connectivity index (χ0n) is 15.5. The van der Waals surface area contributed by atoms with Crippen molar-refractivity contribution in [2.75, 3.05) is 27.1 Å². The van der Waals surface area contributed by atoms with Gasteiger partial charge in [-0.2, -0.15) is 9.78 Å². The first kappa shape index (κ1) is 18.8. The maximum Gasteiger partial charge on any atom is 0.212 e. The van der Waals surface area contributed by atoms with Crippen molar-refractivity contribution in [3.63, 3.8) is 0 Å². The van der Waals surface area contributed by atoms with Crippen LogP contribution in [0.5, 0.6) is 17.2 Å². The van der Waals surface area contributed by atoms with Gasteiger partial charge in [-0.3, -0.25) is 0 Å². The van der Waals surface area contributed by atoms with Crippen LogP contribution in [0.3, 0.4) is 0 Å². The van der Waals surface area contributed by atoms with E-state index < -0.39 is 0 Å². The second kappa shape index (κ2) is 7.84. The molecule has 2 aromatic carbocycles. The van der Waals surface area contributed by atoms with Gasteiger partial charge in [0.2, 0.25) is 10.9 Å². The van der Waals surface area contributed by atoms with Crippen molar-refractivity contribution in [3.8, 4) is 28.6 Å². The highest BCUT2D eigenvalue weighted by Gasteiger charge is 2.23. The van der Waals surface area contributed by atoms with Crippen LogP contribution in [0, 0.1) is 0 Å². The van der Waals surface area contributed by atoms with Crippen molar-refractivity contribution in [1.82, 2.24) is 14.9 Å². The van der Waals surface area contributed by atoms with Gasteiger partial charge in [0.05, 0.1) is 27.0 Å². The van der Waals surface area contributed by atoms with Gasteiger partial charge in [-0.15, -0.1) is 10.2 Å². The lowest BCUT2D eigenvalue weighted by Crippen LogP contribution is -2.13. The van der Waals surface area contributed by atoms with Crippen LogP contribution >= 0.6 is 27.7 Å². The van der Waals surface area contributed by atoms with Crippen LogP contribution in [-0.4, -0.2) is 47.7 Å². The fourth-order valence-corrected chi connectivity index (χ4v) is 4.00. The van der Waals surface area contributed by atoms with E-state index in [4.69, 9.17) is 19.3 Å². The second-order valence-electron chi connectivity index (χ2n) is 5.87. The highest BCUT2D eigenvalue weighted by atomic mass is 79.9. The molecule has 0 N–H and O–H groups in total. The lowest BCUT2D eigenvalue weighted by atomic mass is 10.1. The minimum absolute atomic E-state index is 0.528. The molecule has 1 aliphatic rings. The number of nitrogens with zero attached hydrogens (tertiary/aromatic N) is 4. The van der Waals surface area contributed by atoms with Crippen molar-refractivity contribution in [2.45, 2.75) is 5.16 Å². The molecule has 0 saturated carbocycles. The molecule has 0 fully saturated rings. The molecule has 1 aromatic heterocycles. The Kier molecular flexibility index (Phi) is 5.27. The number of aromatic nitrogens is 3. The molecule has 0 saturated heterocycles. The average Bonchev–Trinajstić information content (AvgIpc) is 3.16. The van der Waals surface area contributed by atoms with E-state index >= 15 is 0 Å². The maximum atomic E-state index is 5.46. The zero-order chi connectivity index (χ0) is 19.7. The van der Waals surface area contributed by atoms with Crippen molar-refractivity contribution in [2.24, 2.45) is 5.10 Å². The van der Waals surface area contributed by atoms with Crippen LogP contribution < -0.4 is 14.2 Å². The molecule has 4 rings (SSSR count). The summed E-state index contributed by atoms with van der Waals surface area (Å²) in [6, 6.07) is 11.8. The Morgan fingerprint density at radius 3 is 2.21 bits per heavy atom. The first-order valence-electron chi connectivity index (χ1n) is 8.37. The number of hydrogen-bond acceptors (Lipinski definition) is 7. The molecule has 0 unspecified atom stereocenters. The molecule has 1 aliphatic heterocycles. The molecule has 0 amide bonds. The third kappa shape index (κ3) is 3.35. The fourth-order valence-electron chi connectivity index (χ4n) is 2.90. The zero-order valence-corrected chi connectivity index (χ0v) is 17.9. The van der Waals surface area contributed by atoms with E-state index in [1.54, 1.807) is 37.8 Å². The van der Waals surface area contributed by atoms with Crippen molar-refractivity contribution < 1.29 is 14.2 Å². The first-order valence-corrected chi connectivity index (χ1v) is 10.1. The Bertz CT molecular complexity index is 1020. The third-order valence-corrected chi connectivity index (χ3v) is 5.73. The van der Waals surface area contributed by atoms with Gasteiger partial charge in [0.15, 0.2) is 17.3 Å². The van der Waals surface area contributed by atoms with Crippen LogP contribution in [0.1, 0.15) is 5.56 Å². The number of fused-ring (bicyclic) bond motifs is 1. The van der Waals surface area contributed by atoms with E-state index in [1.807, 2.05) is 36.4 Å². The highest BCUT2D eigenvalue weighted by Crippen LogP contribution is 2.41. The van der Waals surface area contributed by atoms with Gasteiger partial charge >= 0.3 is 0 Å². The number of benzene rings is 2. The van der Waals surface area contributed by atoms with Gasteiger partial charge < -0.3 is 14.2 Å². The molecule has 2 heterocycles. The standard InChI is InChI=1S/C19H17BrN4O3S/c1-25-15-8-12(9-16(26-2)17(15)27-3)18-21-22-19-24(18)23-14(10-28-19)11-4-6-13(20)7-5-11/h4-9H,10H2,1-3H3. The summed E-state index contributed by atoms with van der Waals surface area (Å²) in [7, 11) is 4.74. The molecule has 3 aromatic rings. The Balaban J connectivity index is 1.81. The summed E-state index contributed by atoms with van der Waals surface area (Å²) < 4.78 is 19.1. The summed E-state index contributed by atoms with van der Waals surface area (Å²) in [5.74, 6) is 2.97. The van der Waals surface area contributed by atoms with Gasteiger partial charge in [-0.25, -0.2) is 0 Å². The van der Waals surface area contributed by atoms with Gasteiger partial charge in [0, 0.05) is 15.8 Å². The van der Waals surface area contributed by atoms with Crippen LogP contribution in [-0.2, 0) is 0 Å². The lowest BCUT2D eigenvalue weighted by molar-refractivity contribution is 0.324. The monoisotopic (exact) mass is 460 g/mol. The maximum absolute atomic E-state index is 5.46. The Labute approximate surface area is 174 Å². The van der Waals surface area contributed by atoms with E-state index in [0.29, 0.717) is 23.1 Å². The average molecular weight is 461 g/mol. The molecule has 28 heavy (non-hydrogen) atoms. The molecule has 9 heteroatoms. The highest BCUT2D eigenvalue weighted by molar-refractivity contribution is 9.10. The summed E-state index contributed by atoms with van der Waals surface area (Å²) in [4.78, 5) is 0. The van der Waals surface area contributed by atoms with Crippen molar-refractivity contribution >= 4 is 33.4 Å². The van der Waals surface area contributed by atoms with Gasteiger partial charge in [-0.1, -0.05) is 39.8 Å². The third-order valence-electron chi connectivity index (χ3n) is 4.27. The number of ether oxygens (including phenoxy) is 3. The number of methoxy groups -OCH3 is 3. The summed E-state index contributed by atoms with van der Waals surface area (Å²) in [5.41, 5.74) is 2.79. The largest absolute Gasteiger partial charge is 0.493 e. The topological polar surface area (TPSA) is 70.8 Å². The van der Waals surface area contributed by atoms with Gasteiger partial charge in [0.25, 0.3) is 0 Å². The number of halogens is 1. The van der Waals surface area contributed by atoms with Crippen LogP contribution in [0.4, 0.5) is 0 Å². The lowest BCUT2D eigenvalue weighted by Gasteiger charge is -2.16. The van der Waals surface area contributed by atoms with Gasteiger partial charge in [-0.05, 0) is 29.8 Å². The summed E-state index contributed by atoms with van der Waals surface area (Å²) in [6.07, 6.45) is 0. The Morgan fingerprint density at radius 2 is 1.61 bits per heavy atom. The fraction of sp³-hybridized carbons (Fsp3) is 0.211. The minimum Gasteiger partial charge on any atom is -0.493 e. The normalized spacial score (nSPS) is 12.9. The molecule has 144 valence electrons. The molecule has 0 spiro atoms. The molecule has 0 radical (unpaired) electrons. The van der Waals surface area contributed by atoms with Crippen LogP contribution in [0.25, 0.3) is 11.4 Å². The predicted octanol–water partition coefficient (Wildman–Crippen LogP) is 4.09. The number of hydrogen-bond donors (Lipinski definition) is 0. The smallest absolute Gasteiger partial charge is 0.212 e. The molecular formula is C19H17BrN4O3S. The Hall–Kier alpha value is -2.52. The Morgan fingerprint density at radius 1 is 0.929 bits per heavy atom. The van der Waals surface area contributed by atoms with Crippen molar-refractivity contribution in [3.05, 3.63) is 46.4 Å². The minimum atomic E-state index is 0.528. The number of rotatable bonds is 5. The SMILES string of the molecule is COc1cc(-c2nnc3n2N=C(c2ccc(Br)cc2)CS3)cc(OC)c1OC. The van der Waals surface area contributed by atoms with Crippen LogP contribution in [0.2, 0.25) is 0 Å². The second-order valence-corrected chi connectivity index (χ2v) is 7.73. The summed E-state index contributed by atoms with van der Waals surface area (Å²) in [6.45, 7) is 0. The quantitative estimate of drug-likeness (QED) is 0.570.